The van der Waals surface area contributed by atoms with Gasteiger partial charge in [-0.3, -0.25) is 14.4 Å². The molecule has 7 heteroatoms. The second kappa shape index (κ2) is 8.38. The molecular formula is C15H19ClN2O4. The number of carbonyl (C=O) groups is 3. The summed E-state index contributed by atoms with van der Waals surface area (Å²) >= 11 is 5.77. The molecular weight excluding hydrogens is 308 g/mol. The molecule has 1 atom stereocenters. The first-order chi connectivity index (χ1) is 10.3. The van der Waals surface area contributed by atoms with E-state index in [1.807, 2.05) is 0 Å². The Morgan fingerprint density at radius 3 is 2.27 bits per heavy atom. The van der Waals surface area contributed by atoms with E-state index in [4.69, 9.17) is 11.6 Å². The van der Waals surface area contributed by atoms with Gasteiger partial charge in [-0.1, -0.05) is 25.4 Å². The van der Waals surface area contributed by atoms with Gasteiger partial charge in [-0.25, -0.2) is 0 Å². The van der Waals surface area contributed by atoms with Crippen molar-refractivity contribution >= 4 is 29.4 Å². The largest absolute Gasteiger partial charge is 0.468 e. The summed E-state index contributed by atoms with van der Waals surface area (Å²) in [5.74, 6) is -1.53. The number of methoxy groups -OCH3 is 1. The van der Waals surface area contributed by atoms with E-state index in [1.54, 1.807) is 38.1 Å². The first kappa shape index (κ1) is 18.0. The first-order valence-electron chi connectivity index (χ1n) is 6.76. The predicted octanol–water partition coefficient (Wildman–Crippen LogP) is 1.38. The topological polar surface area (TPSA) is 84.5 Å². The van der Waals surface area contributed by atoms with Crippen LogP contribution < -0.4 is 10.6 Å². The van der Waals surface area contributed by atoms with E-state index in [1.165, 1.54) is 7.11 Å². The standard InChI is InChI=1S/C15H19ClN2O4/c1-9(2)13(15(21)17-8-12(19)22-3)18-14(20)10-4-6-11(16)7-5-10/h4-7,9,13H,8H2,1-3H3,(H,17,21)(H,18,20)/t13-/m1/s1. The Morgan fingerprint density at radius 1 is 1.18 bits per heavy atom. The second-order valence-electron chi connectivity index (χ2n) is 5.00. The molecule has 1 rings (SSSR count). The number of carbonyl (C=O) groups excluding carboxylic acids is 3. The Bertz CT molecular complexity index is 543. The molecule has 2 amide bonds. The molecule has 0 aromatic heterocycles. The van der Waals surface area contributed by atoms with E-state index >= 15 is 0 Å². The van der Waals surface area contributed by atoms with Crippen LogP contribution in [0.2, 0.25) is 5.02 Å². The first-order valence-corrected chi connectivity index (χ1v) is 7.14. The molecule has 0 aliphatic heterocycles. The van der Waals surface area contributed by atoms with Gasteiger partial charge in [0, 0.05) is 10.6 Å². The predicted molar refractivity (Wildman–Crippen MR) is 82.6 cm³/mol. The number of benzene rings is 1. The fourth-order valence-electron chi connectivity index (χ4n) is 1.70. The molecule has 6 nitrogen and oxygen atoms in total. The highest BCUT2D eigenvalue weighted by atomic mass is 35.5. The Hall–Kier alpha value is -2.08. The quantitative estimate of drug-likeness (QED) is 0.774. The molecule has 120 valence electrons. The third-order valence-corrected chi connectivity index (χ3v) is 3.23. The van der Waals surface area contributed by atoms with E-state index in [0.717, 1.165) is 0 Å². The molecule has 0 aliphatic rings. The van der Waals surface area contributed by atoms with E-state index in [0.29, 0.717) is 10.6 Å². The third kappa shape index (κ3) is 5.37. The van der Waals surface area contributed by atoms with Crippen LogP contribution in [-0.4, -0.2) is 37.5 Å². The fourth-order valence-corrected chi connectivity index (χ4v) is 1.83. The lowest BCUT2D eigenvalue weighted by atomic mass is 10.0. The van der Waals surface area contributed by atoms with Crippen LogP contribution in [0.25, 0.3) is 0 Å². The van der Waals surface area contributed by atoms with Gasteiger partial charge in [0.25, 0.3) is 5.91 Å². The molecule has 0 spiro atoms. The molecule has 0 heterocycles. The van der Waals surface area contributed by atoms with Gasteiger partial charge in [-0.2, -0.15) is 0 Å². The van der Waals surface area contributed by atoms with Crippen LogP contribution in [0.4, 0.5) is 0 Å². The smallest absolute Gasteiger partial charge is 0.325 e. The van der Waals surface area contributed by atoms with Crippen molar-refractivity contribution in [3.63, 3.8) is 0 Å². The van der Waals surface area contributed by atoms with Crippen molar-refractivity contribution < 1.29 is 19.1 Å². The zero-order valence-corrected chi connectivity index (χ0v) is 13.4. The number of ether oxygens (including phenoxy) is 1. The van der Waals surface area contributed by atoms with Crippen LogP contribution in [0.3, 0.4) is 0 Å². The number of rotatable bonds is 6. The van der Waals surface area contributed by atoms with Crippen LogP contribution in [0.15, 0.2) is 24.3 Å². The van der Waals surface area contributed by atoms with Crippen LogP contribution in [0.1, 0.15) is 24.2 Å². The third-order valence-electron chi connectivity index (χ3n) is 2.98. The Balaban J connectivity index is 2.71. The summed E-state index contributed by atoms with van der Waals surface area (Å²) in [5, 5.41) is 5.60. The number of hydrogen-bond acceptors (Lipinski definition) is 4. The summed E-state index contributed by atoms with van der Waals surface area (Å²) in [4.78, 5) is 35.3. The van der Waals surface area contributed by atoms with Crippen molar-refractivity contribution in [2.24, 2.45) is 5.92 Å². The minimum Gasteiger partial charge on any atom is -0.468 e. The Labute approximate surface area is 134 Å². The summed E-state index contributed by atoms with van der Waals surface area (Å²) in [5.41, 5.74) is 0.399. The van der Waals surface area contributed by atoms with Gasteiger partial charge in [-0.05, 0) is 30.2 Å². The van der Waals surface area contributed by atoms with E-state index in [9.17, 15) is 14.4 Å². The molecule has 0 fully saturated rings. The second-order valence-corrected chi connectivity index (χ2v) is 5.43. The molecule has 0 aliphatic carbocycles. The lowest BCUT2D eigenvalue weighted by Crippen LogP contribution is -2.50. The lowest BCUT2D eigenvalue weighted by Gasteiger charge is -2.21. The van der Waals surface area contributed by atoms with Crippen LogP contribution >= 0.6 is 11.6 Å². The van der Waals surface area contributed by atoms with Gasteiger partial charge in [0.05, 0.1) is 7.11 Å². The normalized spacial score (nSPS) is 11.7. The molecule has 22 heavy (non-hydrogen) atoms. The maximum Gasteiger partial charge on any atom is 0.325 e. The van der Waals surface area contributed by atoms with Crippen molar-refractivity contribution in [1.82, 2.24) is 10.6 Å². The molecule has 2 N–H and O–H groups in total. The maximum absolute atomic E-state index is 12.1. The van der Waals surface area contributed by atoms with Crippen LogP contribution in [-0.2, 0) is 14.3 Å². The fraction of sp³-hybridized carbons (Fsp3) is 0.400. The van der Waals surface area contributed by atoms with Crippen LogP contribution in [0.5, 0.6) is 0 Å². The minimum absolute atomic E-state index is 0.145. The maximum atomic E-state index is 12.1. The van der Waals surface area contributed by atoms with Gasteiger partial charge >= 0.3 is 5.97 Å². The Morgan fingerprint density at radius 2 is 1.77 bits per heavy atom. The average molecular weight is 327 g/mol. The summed E-state index contributed by atoms with van der Waals surface area (Å²) < 4.78 is 4.45. The summed E-state index contributed by atoms with van der Waals surface area (Å²) in [7, 11) is 1.23. The van der Waals surface area contributed by atoms with E-state index in [-0.39, 0.29) is 18.4 Å². The van der Waals surface area contributed by atoms with Crippen molar-refractivity contribution in [1.29, 1.82) is 0 Å². The molecule has 1 aromatic carbocycles. The number of hydrogen-bond donors (Lipinski definition) is 2. The molecule has 0 unspecified atom stereocenters. The highest BCUT2D eigenvalue weighted by Crippen LogP contribution is 2.10. The highest BCUT2D eigenvalue weighted by Gasteiger charge is 2.25. The van der Waals surface area contributed by atoms with Crippen molar-refractivity contribution in [2.45, 2.75) is 19.9 Å². The highest BCUT2D eigenvalue weighted by molar-refractivity contribution is 6.30. The minimum atomic E-state index is -0.757. The summed E-state index contributed by atoms with van der Waals surface area (Å²) in [6.07, 6.45) is 0. The molecule has 0 saturated carbocycles. The van der Waals surface area contributed by atoms with Gasteiger partial charge in [0.15, 0.2) is 0 Å². The Kier molecular flexibility index (Phi) is 6.85. The average Bonchev–Trinajstić information content (AvgIpc) is 2.49. The van der Waals surface area contributed by atoms with Crippen molar-refractivity contribution in [3.05, 3.63) is 34.9 Å². The zero-order chi connectivity index (χ0) is 16.7. The van der Waals surface area contributed by atoms with Gasteiger partial charge in [0.1, 0.15) is 12.6 Å². The van der Waals surface area contributed by atoms with E-state index < -0.39 is 17.9 Å². The molecule has 0 radical (unpaired) electrons. The number of nitrogens with one attached hydrogen (secondary N) is 2. The van der Waals surface area contributed by atoms with Crippen molar-refractivity contribution in [3.8, 4) is 0 Å². The summed E-state index contributed by atoms with van der Waals surface area (Å²) in [6.45, 7) is 3.35. The van der Waals surface area contributed by atoms with Crippen LogP contribution in [0, 0.1) is 5.92 Å². The lowest BCUT2D eigenvalue weighted by molar-refractivity contribution is -0.141. The van der Waals surface area contributed by atoms with Gasteiger partial charge < -0.3 is 15.4 Å². The molecule has 0 bridgehead atoms. The number of amides is 2. The number of halogens is 1. The van der Waals surface area contributed by atoms with Gasteiger partial charge in [-0.15, -0.1) is 0 Å². The monoisotopic (exact) mass is 326 g/mol. The molecule has 0 saturated heterocycles. The van der Waals surface area contributed by atoms with Gasteiger partial charge in [0.2, 0.25) is 5.91 Å². The zero-order valence-electron chi connectivity index (χ0n) is 12.7. The summed E-state index contributed by atoms with van der Waals surface area (Å²) in [6, 6.07) is 5.58. The molecule has 1 aromatic rings. The van der Waals surface area contributed by atoms with Crippen molar-refractivity contribution in [2.75, 3.05) is 13.7 Å². The SMILES string of the molecule is COC(=O)CNC(=O)[C@H](NC(=O)c1ccc(Cl)cc1)C(C)C. The van der Waals surface area contributed by atoms with E-state index in [2.05, 4.69) is 15.4 Å². The number of esters is 1.